The van der Waals surface area contributed by atoms with E-state index in [1.807, 2.05) is 0 Å². The van der Waals surface area contributed by atoms with Crippen molar-refractivity contribution >= 4 is 14.5 Å². The molecule has 0 radical (unpaired) electrons. The molecule has 0 heterocycles. The Kier molecular flexibility index (Phi) is 25.8. The van der Waals surface area contributed by atoms with Gasteiger partial charge in [-0.05, 0) is 0 Å². The van der Waals surface area contributed by atoms with E-state index in [2.05, 4.69) is 0 Å². The predicted molar refractivity (Wildman–Crippen MR) is 12.3 cm³/mol. The molecule has 0 amide bonds. The second kappa shape index (κ2) is 9.20. The Bertz CT molecular complexity index is 56.6. The molecule has 0 spiro atoms. The van der Waals surface area contributed by atoms with E-state index in [0.29, 0.717) is 0 Å². The average Bonchev–Trinajstić information content (AvgIpc) is 0.722. The minimum atomic E-state index is -5.62. The standard InChI is InChI=1S/AsH3O4.2Na.H2O/c2-1(3,4)5;;;/h(H3,2,3,4,5);;;1H2/q;2*+1;/p-2. The van der Waals surface area contributed by atoms with Crippen LogP contribution in [-0.2, 0) is 3.74 Å². The normalized spacial score (nSPS) is 7.38. The zero-order chi connectivity index (χ0) is 4.50. The molecular weight excluding hydrogens is 201 g/mol. The summed E-state index contributed by atoms with van der Waals surface area (Å²) in [6.07, 6.45) is 0. The molecule has 40 valence electrons. The summed E-state index contributed by atoms with van der Waals surface area (Å²) in [6, 6.07) is 0. The van der Waals surface area contributed by atoms with Crippen LogP contribution in [0.25, 0.3) is 0 Å². The number of rotatable bonds is 0. The van der Waals surface area contributed by atoms with E-state index in [1.165, 1.54) is 0 Å². The van der Waals surface area contributed by atoms with Crippen molar-refractivity contribution in [2.75, 3.05) is 0 Å². The SMILES string of the molecule is O.O=[As]([O-])([O-])O.[Na+].[Na+]. The van der Waals surface area contributed by atoms with Crippen LogP contribution >= 0.6 is 0 Å². The molecule has 0 aliphatic rings. The largest absolute Gasteiger partial charge is 1.00 e. The molecule has 0 aromatic rings. The maximum absolute atomic E-state index is 8.72. The molecule has 0 saturated carbocycles. The van der Waals surface area contributed by atoms with Crippen molar-refractivity contribution < 1.29 is 80.6 Å². The molecule has 0 atom stereocenters. The quantitative estimate of drug-likeness (QED) is 0.394. The fourth-order valence-electron chi connectivity index (χ4n) is 0. The van der Waals surface area contributed by atoms with E-state index < -0.39 is 14.5 Å². The van der Waals surface area contributed by atoms with Gasteiger partial charge in [0.2, 0.25) is 0 Å². The van der Waals surface area contributed by atoms with Gasteiger partial charge >= 0.3 is 89.7 Å². The second-order valence-corrected chi connectivity index (χ2v) is 2.43. The summed E-state index contributed by atoms with van der Waals surface area (Å²) >= 11 is -5.62. The van der Waals surface area contributed by atoms with Gasteiger partial charge in [-0.2, -0.15) is 0 Å². The third kappa shape index (κ3) is 87.9. The van der Waals surface area contributed by atoms with Gasteiger partial charge in [-0.3, -0.25) is 0 Å². The molecule has 5 nitrogen and oxygen atoms in total. The van der Waals surface area contributed by atoms with Crippen molar-refractivity contribution in [3.63, 3.8) is 0 Å². The van der Waals surface area contributed by atoms with E-state index in [-0.39, 0.29) is 64.6 Å². The van der Waals surface area contributed by atoms with E-state index in [4.69, 9.17) is 16.0 Å². The Hall–Kier alpha value is 2.20. The summed E-state index contributed by atoms with van der Waals surface area (Å²) in [5.41, 5.74) is 0. The zero-order valence-corrected chi connectivity index (χ0v) is 10.5. The van der Waals surface area contributed by atoms with Crippen LogP contribution in [0.5, 0.6) is 0 Å². The molecule has 0 aromatic carbocycles. The summed E-state index contributed by atoms with van der Waals surface area (Å²) in [7, 11) is 0. The summed E-state index contributed by atoms with van der Waals surface area (Å²) < 4.78 is 33.2. The van der Waals surface area contributed by atoms with Gasteiger partial charge in [-0.25, -0.2) is 0 Å². The summed E-state index contributed by atoms with van der Waals surface area (Å²) in [6.45, 7) is 0. The van der Waals surface area contributed by atoms with Gasteiger partial charge in [-0.15, -0.1) is 0 Å². The summed E-state index contributed by atoms with van der Waals surface area (Å²) in [4.78, 5) is 0. The van der Waals surface area contributed by atoms with E-state index in [1.54, 1.807) is 0 Å². The molecule has 0 aromatic heterocycles. The van der Waals surface area contributed by atoms with Gasteiger partial charge < -0.3 is 5.48 Å². The second-order valence-electron chi connectivity index (χ2n) is 0.469. The van der Waals surface area contributed by atoms with Gasteiger partial charge in [0, 0.05) is 0 Å². The molecule has 0 bridgehead atoms. The van der Waals surface area contributed by atoms with Gasteiger partial charge in [0.1, 0.15) is 0 Å². The van der Waals surface area contributed by atoms with E-state index in [9.17, 15) is 0 Å². The first-order chi connectivity index (χ1) is 2.00. The fourth-order valence-corrected chi connectivity index (χ4v) is 0. The molecule has 0 unspecified atom stereocenters. The van der Waals surface area contributed by atoms with Crippen LogP contribution in [-0.4, -0.2) is 24.1 Å². The van der Waals surface area contributed by atoms with Crippen molar-refractivity contribution in [1.82, 2.24) is 0 Å². The molecule has 0 rings (SSSR count). The summed E-state index contributed by atoms with van der Waals surface area (Å²) in [5, 5.41) is 0. The Morgan fingerprint density at radius 2 is 1.25 bits per heavy atom. The first kappa shape index (κ1) is 22.5. The van der Waals surface area contributed by atoms with Crippen LogP contribution in [0.15, 0.2) is 0 Å². The van der Waals surface area contributed by atoms with Crippen molar-refractivity contribution in [1.29, 1.82) is 0 Å². The van der Waals surface area contributed by atoms with Gasteiger partial charge in [0.15, 0.2) is 0 Å². The van der Waals surface area contributed by atoms with Crippen LogP contribution in [0.3, 0.4) is 0 Å². The predicted octanol–water partition coefficient (Wildman–Crippen LogP) is -10.3. The number of hydrogen-bond donors (Lipinski definition) is 1. The molecule has 0 saturated heterocycles. The third-order valence-electron chi connectivity index (χ3n) is 0. The topological polar surface area (TPSA) is 115 Å². The van der Waals surface area contributed by atoms with Crippen molar-refractivity contribution in [2.24, 2.45) is 0 Å². The zero-order valence-electron chi connectivity index (χ0n) is 4.62. The van der Waals surface area contributed by atoms with Gasteiger partial charge in [0.25, 0.3) is 0 Å². The fraction of sp³-hybridized carbons (Fsp3) is 0. The first-order valence-electron chi connectivity index (χ1n) is 0.748. The minimum Gasteiger partial charge on any atom is 1.00 e. The molecule has 0 fully saturated rings. The van der Waals surface area contributed by atoms with Crippen molar-refractivity contribution in [3.05, 3.63) is 0 Å². The molecule has 8 heteroatoms. The Labute approximate surface area is 93.7 Å². The van der Waals surface area contributed by atoms with Crippen molar-refractivity contribution in [2.45, 2.75) is 0 Å². The molecular formula is H3AsNa2O5. The van der Waals surface area contributed by atoms with Crippen LogP contribution in [0.1, 0.15) is 0 Å². The van der Waals surface area contributed by atoms with Crippen LogP contribution in [0.4, 0.5) is 0 Å². The molecule has 3 N–H and O–H groups in total. The molecule has 0 aliphatic carbocycles. The third-order valence-corrected chi connectivity index (χ3v) is 0. The Balaban J connectivity index is -0.0000000267. The van der Waals surface area contributed by atoms with Gasteiger partial charge in [0.05, 0.1) is 0 Å². The van der Waals surface area contributed by atoms with E-state index >= 15 is 0 Å². The smallest absolute Gasteiger partial charge is 1.00 e. The van der Waals surface area contributed by atoms with Crippen LogP contribution in [0.2, 0.25) is 0 Å². The van der Waals surface area contributed by atoms with E-state index in [0.717, 1.165) is 0 Å². The maximum atomic E-state index is 8.72. The number of hydrogen-bond acceptors (Lipinski definition) is 3. The Morgan fingerprint density at radius 1 is 1.25 bits per heavy atom. The maximum Gasteiger partial charge on any atom is 1.00 e. The molecule has 0 aliphatic heterocycles. The molecule has 8 heavy (non-hydrogen) atoms. The minimum absolute atomic E-state index is 0. The van der Waals surface area contributed by atoms with Gasteiger partial charge in [-0.1, -0.05) is 0 Å². The monoisotopic (exact) mass is 204 g/mol. The van der Waals surface area contributed by atoms with Crippen LogP contribution < -0.4 is 67.3 Å². The summed E-state index contributed by atoms with van der Waals surface area (Å²) in [5.74, 6) is 0. The Morgan fingerprint density at radius 3 is 1.25 bits per heavy atom. The van der Waals surface area contributed by atoms with Crippen LogP contribution in [0, 0.1) is 0 Å². The first-order valence-corrected chi connectivity index (χ1v) is 3.89. The van der Waals surface area contributed by atoms with Crippen molar-refractivity contribution in [3.8, 4) is 0 Å². The average molecular weight is 204 g/mol.